The van der Waals surface area contributed by atoms with E-state index in [1.807, 2.05) is 6.07 Å². The van der Waals surface area contributed by atoms with Crippen LogP contribution in [0.4, 0.5) is 8.78 Å². The smallest absolute Gasteiger partial charge is 0.387 e. The molecule has 150 valence electrons. The normalized spacial score (nSPS) is 12.3. The number of benzene rings is 1. The molecular weight excluding hydrogens is 487 g/mol. The molecule has 5 nitrogen and oxygen atoms in total. The minimum Gasteiger partial charge on any atom is -0.493 e. The maximum atomic E-state index is 12.5. The van der Waals surface area contributed by atoms with E-state index in [2.05, 4.69) is 38.7 Å². The highest BCUT2D eigenvalue weighted by Crippen LogP contribution is 2.29. The second-order valence-electron chi connectivity index (χ2n) is 5.59. The van der Waals surface area contributed by atoms with E-state index in [0.29, 0.717) is 18.4 Å². The zero-order chi connectivity index (χ0) is 18.9. The maximum absolute atomic E-state index is 12.5. The van der Waals surface area contributed by atoms with Crippen molar-refractivity contribution in [2.45, 2.75) is 26.0 Å². The van der Waals surface area contributed by atoms with E-state index in [1.54, 1.807) is 30.5 Å². The van der Waals surface area contributed by atoms with Crippen LogP contribution in [0.2, 0.25) is 0 Å². The second kappa shape index (κ2) is 12.0. The standard InChI is InChI=1S/C18H23F2N3O2S.HI/c1-12(16-5-4-8-26-16)10-22-18(21-2)23-11-13-6-7-14(24-3)15(9-13)25-17(19)20;/h4-9,12,17H,10-11H2,1-3H3,(H2,21,22,23);1H. The fourth-order valence-corrected chi connectivity index (χ4v) is 3.13. The highest BCUT2D eigenvalue weighted by atomic mass is 127. The Morgan fingerprint density at radius 2 is 2.00 bits per heavy atom. The first-order valence-corrected chi connectivity index (χ1v) is 9.01. The lowest BCUT2D eigenvalue weighted by atomic mass is 10.1. The van der Waals surface area contributed by atoms with Crippen LogP contribution < -0.4 is 20.1 Å². The summed E-state index contributed by atoms with van der Waals surface area (Å²) >= 11 is 1.72. The number of rotatable bonds is 8. The number of hydrogen-bond acceptors (Lipinski definition) is 4. The summed E-state index contributed by atoms with van der Waals surface area (Å²) in [4.78, 5) is 5.49. The molecule has 1 aromatic carbocycles. The molecule has 0 spiro atoms. The Morgan fingerprint density at radius 3 is 2.59 bits per heavy atom. The van der Waals surface area contributed by atoms with Crippen LogP contribution in [0, 0.1) is 0 Å². The molecule has 1 atom stereocenters. The van der Waals surface area contributed by atoms with Gasteiger partial charge in [0.1, 0.15) is 0 Å². The molecule has 2 aromatic rings. The zero-order valence-electron chi connectivity index (χ0n) is 15.4. The molecule has 1 unspecified atom stereocenters. The first-order valence-electron chi connectivity index (χ1n) is 8.13. The number of alkyl halides is 2. The van der Waals surface area contributed by atoms with Gasteiger partial charge in [-0.25, -0.2) is 0 Å². The van der Waals surface area contributed by atoms with Crippen molar-refractivity contribution in [1.29, 1.82) is 0 Å². The minimum absolute atomic E-state index is 0. The van der Waals surface area contributed by atoms with E-state index >= 15 is 0 Å². The Labute approximate surface area is 179 Å². The molecule has 0 aliphatic rings. The zero-order valence-corrected chi connectivity index (χ0v) is 18.5. The fourth-order valence-electron chi connectivity index (χ4n) is 2.35. The van der Waals surface area contributed by atoms with Gasteiger partial charge >= 0.3 is 6.61 Å². The van der Waals surface area contributed by atoms with Crippen molar-refractivity contribution >= 4 is 41.3 Å². The predicted molar refractivity (Wildman–Crippen MR) is 116 cm³/mol. The number of guanidine groups is 1. The van der Waals surface area contributed by atoms with Crippen molar-refractivity contribution in [2.24, 2.45) is 4.99 Å². The van der Waals surface area contributed by atoms with E-state index in [0.717, 1.165) is 12.1 Å². The van der Waals surface area contributed by atoms with Gasteiger partial charge in [0.2, 0.25) is 0 Å². The number of nitrogens with zero attached hydrogens (tertiary/aromatic N) is 1. The van der Waals surface area contributed by atoms with Crippen LogP contribution in [0.5, 0.6) is 11.5 Å². The van der Waals surface area contributed by atoms with E-state index in [9.17, 15) is 8.78 Å². The van der Waals surface area contributed by atoms with Gasteiger partial charge < -0.3 is 20.1 Å². The number of hydrogen-bond donors (Lipinski definition) is 2. The van der Waals surface area contributed by atoms with Gasteiger partial charge in [0, 0.05) is 30.9 Å². The summed E-state index contributed by atoms with van der Waals surface area (Å²) in [5, 5.41) is 8.49. The molecule has 0 bridgehead atoms. The molecule has 1 heterocycles. The van der Waals surface area contributed by atoms with Crippen molar-refractivity contribution < 1.29 is 18.3 Å². The number of aliphatic imine (C=N–C) groups is 1. The van der Waals surface area contributed by atoms with Gasteiger partial charge in [0.05, 0.1) is 7.11 Å². The summed E-state index contributed by atoms with van der Waals surface area (Å²) < 4.78 is 34.6. The number of halogens is 3. The largest absolute Gasteiger partial charge is 0.493 e. The highest BCUT2D eigenvalue weighted by Gasteiger charge is 2.12. The van der Waals surface area contributed by atoms with Crippen molar-refractivity contribution in [3.63, 3.8) is 0 Å². The Bertz CT molecular complexity index is 715. The van der Waals surface area contributed by atoms with Crippen molar-refractivity contribution in [3.8, 4) is 11.5 Å². The third-order valence-corrected chi connectivity index (χ3v) is 4.84. The molecule has 0 fully saturated rings. The lowest BCUT2D eigenvalue weighted by Crippen LogP contribution is -2.38. The van der Waals surface area contributed by atoms with E-state index < -0.39 is 6.61 Å². The van der Waals surface area contributed by atoms with Crippen LogP contribution >= 0.6 is 35.3 Å². The molecule has 27 heavy (non-hydrogen) atoms. The van der Waals surface area contributed by atoms with Crippen LogP contribution in [0.1, 0.15) is 23.3 Å². The molecule has 0 amide bonds. The molecule has 0 saturated heterocycles. The average molecular weight is 511 g/mol. The number of nitrogens with one attached hydrogen (secondary N) is 2. The summed E-state index contributed by atoms with van der Waals surface area (Å²) in [5.74, 6) is 1.28. The molecule has 2 rings (SSSR count). The van der Waals surface area contributed by atoms with Crippen molar-refractivity contribution in [1.82, 2.24) is 10.6 Å². The molecule has 0 radical (unpaired) electrons. The van der Waals surface area contributed by atoms with Crippen molar-refractivity contribution in [3.05, 3.63) is 46.2 Å². The quantitative estimate of drug-likeness (QED) is 0.313. The third kappa shape index (κ3) is 7.49. The summed E-state index contributed by atoms with van der Waals surface area (Å²) in [6.07, 6.45) is 0. The number of ether oxygens (including phenoxy) is 2. The SMILES string of the molecule is CN=C(NCc1ccc(OC)c(OC(F)F)c1)NCC(C)c1cccs1.I. The van der Waals surface area contributed by atoms with Crippen LogP contribution in [-0.4, -0.2) is 33.3 Å². The first-order chi connectivity index (χ1) is 12.5. The van der Waals surface area contributed by atoms with Crippen molar-refractivity contribution in [2.75, 3.05) is 20.7 Å². The summed E-state index contributed by atoms with van der Waals surface area (Å²) in [6, 6.07) is 9.05. The topological polar surface area (TPSA) is 54.9 Å². The van der Waals surface area contributed by atoms with E-state index in [-0.39, 0.29) is 35.5 Å². The molecule has 9 heteroatoms. The van der Waals surface area contributed by atoms with Gasteiger partial charge in [-0.3, -0.25) is 4.99 Å². The van der Waals surface area contributed by atoms with Gasteiger partial charge in [-0.2, -0.15) is 8.78 Å². The van der Waals surface area contributed by atoms with Gasteiger partial charge in [-0.1, -0.05) is 19.1 Å². The van der Waals surface area contributed by atoms with Gasteiger partial charge in [-0.05, 0) is 29.1 Å². The molecular formula is C18H24F2IN3O2S. The van der Waals surface area contributed by atoms with Gasteiger partial charge in [0.15, 0.2) is 17.5 Å². The summed E-state index contributed by atoms with van der Waals surface area (Å²) in [5.41, 5.74) is 0.774. The van der Waals surface area contributed by atoms with Crippen LogP contribution in [-0.2, 0) is 6.54 Å². The summed E-state index contributed by atoms with van der Waals surface area (Å²) in [7, 11) is 3.09. The average Bonchev–Trinajstić information content (AvgIpc) is 3.16. The molecule has 2 N–H and O–H groups in total. The van der Waals surface area contributed by atoms with E-state index in [4.69, 9.17) is 4.74 Å². The lowest BCUT2D eigenvalue weighted by Gasteiger charge is -2.16. The van der Waals surface area contributed by atoms with E-state index in [1.165, 1.54) is 18.1 Å². The van der Waals surface area contributed by atoms with Crippen LogP contribution in [0.25, 0.3) is 0 Å². The van der Waals surface area contributed by atoms with Gasteiger partial charge in [0.25, 0.3) is 0 Å². The highest BCUT2D eigenvalue weighted by molar-refractivity contribution is 14.0. The van der Waals surface area contributed by atoms with Crippen LogP contribution in [0.15, 0.2) is 40.7 Å². The molecule has 1 aromatic heterocycles. The summed E-state index contributed by atoms with van der Waals surface area (Å²) in [6.45, 7) is 0.392. The molecule has 0 aliphatic carbocycles. The molecule has 0 aliphatic heterocycles. The Morgan fingerprint density at radius 1 is 1.22 bits per heavy atom. The lowest BCUT2D eigenvalue weighted by molar-refractivity contribution is -0.0512. The predicted octanol–water partition coefficient (Wildman–Crippen LogP) is 4.44. The van der Waals surface area contributed by atoms with Crippen LogP contribution in [0.3, 0.4) is 0 Å². The third-order valence-electron chi connectivity index (χ3n) is 3.73. The Balaban J connectivity index is 0.00000364. The number of methoxy groups -OCH3 is 1. The number of thiophene rings is 1. The monoisotopic (exact) mass is 511 g/mol. The fraction of sp³-hybridized carbons (Fsp3) is 0.389. The Hall–Kier alpha value is -1.62. The minimum atomic E-state index is -2.90. The van der Waals surface area contributed by atoms with Gasteiger partial charge in [-0.15, -0.1) is 35.3 Å². The first kappa shape index (κ1) is 23.4. The Kier molecular flexibility index (Phi) is 10.4. The molecule has 0 saturated carbocycles. The second-order valence-corrected chi connectivity index (χ2v) is 6.57. The maximum Gasteiger partial charge on any atom is 0.387 e.